The molecule has 3 unspecified atom stereocenters. The second-order valence-electron chi connectivity index (χ2n) is 21.7. The molecule has 69 heavy (non-hydrogen) atoms. The predicted molar refractivity (Wildman–Crippen MR) is 305 cm³/mol. The largest absolute Gasteiger partial charge is 0.394 e. The summed E-state index contributed by atoms with van der Waals surface area (Å²) in [5.74, 6) is -0.320. The van der Waals surface area contributed by atoms with Crippen molar-refractivity contribution >= 4 is 5.91 Å². The Morgan fingerprint density at radius 3 is 0.928 bits per heavy atom. The van der Waals surface area contributed by atoms with Crippen LogP contribution in [0.4, 0.5) is 0 Å². The minimum atomic E-state index is -0.953. The molecule has 0 fully saturated rings. The molecule has 0 aliphatic rings. The van der Waals surface area contributed by atoms with Gasteiger partial charge in [0, 0.05) is 0 Å². The first kappa shape index (κ1) is 67.6. The normalized spacial score (nSPS) is 13.4. The van der Waals surface area contributed by atoms with Crippen molar-refractivity contribution in [2.45, 2.75) is 360 Å². The van der Waals surface area contributed by atoms with Crippen LogP contribution in [0.15, 0.2) is 36.5 Å². The van der Waals surface area contributed by atoms with Gasteiger partial charge in [0.1, 0.15) is 0 Å². The predicted octanol–water partition coefficient (Wildman–Crippen LogP) is 19.8. The lowest BCUT2D eigenvalue weighted by Crippen LogP contribution is -2.45. The van der Waals surface area contributed by atoms with Crippen LogP contribution in [0.1, 0.15) is 341 Å². The van der Waals surface area contributed by atoms with E-state index >= 15 is 0 Å². The summed E-state index contributed by atoms with van der Waals surface area (Å²) in [5.41, 5.74) is 0. The molecule has 0 aliphatic heterocycles. The van der Waals surface area contributed by atoms with Crippen LogP contribution in [0.5, 0.6) is 0 Å². The lowest BCUT2D eigenvalue weighted by Gasteiger charge is -2.21. The summed E-state index contributed by atoms with van der Waals surface area (Å²) in [5, 5.41) is 33.5. The van der Waals surface area contributed by atoms with Gasteiger partial charge in [-0.2, -0.15) is 0 Å². The Bertz CT molecular complexity index is 1070. The van der Waals surface area contributed by atoms with E-state index in [2.05, 4.69) is 43.5 Å². The fraction of sp³-hybridized carbons (Fsp3) is 0.891. The molecule has 1 amide bonds. The Labute approximate surface area is 432 Å². The van der Waals surface area contributed by atoms with E-state index in [1.807, 2.05) is 6.08 Å². The van der Waals surface area contributed by atoms with Gasteiger partial charge in [0.15, 0.2) is 0 Å². The van der Waals surface area contributed by atoms with Crippen LogP contribution < -0.4 is 5.32 Å². The third-order valence-corrected chi connectivity index (χ3v) is 14.6. The highest BCUT2D eigenvalue weighted by atomic mass is 16.3. The quantitative estimate of drug-likeness (QED) is 0.0361. The molecular formula is C64H123NO4. The molecule has 4 N–H and O–H groups in total. The Hall–Kier alpha value is -1.43. The summed E-state index contributed by atoms with van der Waals surface area (Å²) in [6.45, 7) is 4.25. The molecule has 0 rings (SSSR count). The summed E-state index contributed by atoms with van der Waals surface area (Å²) in [6.07, 6.45) is 77.9. The van der Waals surface area contributed by atoms with Gasteiger partial charge in [0.25, 0.3) is 0 Å². The summed E-state index contributed by atoms with van der Waals surface area (Å²) >= 11 is 0. The maximum atomic E-state index is 12.5. The average Bonchev–Trinajstić information content (AvgIpc) is 3.35. The van der Waals surface area contributed by atoms with E-state index in [0.29, 0.717) is 6.42 Å². The van der Waals surface area contributed by atoms with Gasteiger partial charge in [0.2, 0.25) is 5.91 Å². The number of aliphatic hydroxyl groups is 3. The molecule has 0 heterocycles. The lowest BCUT2D eigenvalue weighted by molar-refractivity contribution is -0.124. The maximum Gasteiger partial charge on any atom is 0.222 e. The molecule has 0 aliphatic carbocycles. The summed E-state index contributed by atoms with van der Waals surface area (Å²) in [7, 11) is 0. The first-order valence-corrected chi connectivity index (χ1v) is 31.3. The zero-order chi connectivity index (χ0) is 50.0. The van der Waals surface area contributed by atoms with Crippen LogP contribution in [0.2, 0.25) is 0 Å². The van der Waals surface area contributed by atoms with Crippen molar-refractivity contribution in [3.8, 4) is 0 Å². The zero-order valence-electron chi connectivity index (χ0n) is 46.7. The van der Waals surface area contributed by atoms with E-state index in [1.165, 1.54) is 283 Å². The number of amides is 1. The minimum absolute atomic E-state index is 0.00805. The van der Waals surface area contributed by atoms with Gasteiger partial charge in [-0.1, -0.05) is 314 Å². The number of rotatable bonds is 58. The van der Waals surface area contributed by atoms with Crippen LogP contribution >= 0.6 is 0 Å². The topological polar surface area (TPSA) is 89.8 Å². The van der Waals surface area contributed by atoms with Gasteiger partial charge in [-0.25, -0.2) is 0 Å². The van der Waals surface area contributed by atoms with Crippen molar-refractivity contribution < 1.29 is 20.1 Å². The van der Waals surface area contributed by atoms with Crippen LogP contribution in [-0.4, -0.2) is 46.1 Å². The Balaban J connectivity index is 3.55. The van der Waals surface area contributed by atoms with Crippen LogP contribution in [0.25, 0.3) is 0 Å². The molecule has 0 radical (unpaired) electrons. The molecule has 0 aromatic carbocycles. The monoisotopic (exact) mass is 970 g/mol. The zero-order valence-corrected chi connectivity index (χ0v) is 46.7. The lowest BCUT2D eigenvalue weighted by atomic mass is 10.0. The van der Waals surface area contributed by atoms with Crippen molar-refractivity contribution in [2.24, 2.45) is 0 Å². The number of carbonyl (C=O) groups excluding carboxylic acids is 1. The van der Waals surface area contributed by atoms with Crippen molar-refractivity contribution in [2.75, 3.05) is 6.61 Å². The highest BCUT2D eigenvalue weighted by Crippen LogP contribution is 2.18. The molecule has 408 valence electrons. The molecular weight excluding hydrogens is 847 g/mol. The second-order valence-corrected chi connectivity index (χ2v) is 21.7. The molecule has 5 heteroatoms. The van der Waals surface area contributed by atoms with E-state index in [1.54, 1.807) is 6.08 Å². The van der Waals surface area contributed by atoms with Gasteiger partial charge < -0.3 is 20.6 Å². The summed E-state index contributed by atoms with van der Waals surface area (Å²) in [4.78, 5) is 12.5. The Morgan fingerprint density at radius 2 is 0.623 bits per heavy atom. The standard InChI is InChI=1S/C64H123NO4/c1-3-5-7-9-11-13-15-17-19-21-23-25-27-29-30-31-32-33-34-35-37-39-41-43-45-47-49-51-53-55-57-61(67)59-64(69)65-62(60-66)63(68)58-56-54-52-50-48-46-44-42-40-38-36-28-26-24-22-20-18-16-14-12-10-8-6-4-2/h29-30,48,50,56,58,61-63,66-68H,3-28,31-47,49,51-55,57,59-60H2,1-2H3,(H,65,69)/b30-29-,50-48+,58-56+. The number of hydrogen-bond donors (Lipinski definition) is 4. The second kappa shape index (κ2) is 59.1. The van der Waals surface area contributed by atoms with Crippen LogP contribution in [0, 0.1) is 0 Å². The Morgan fingerprint density at radius 1 is 0.362 bits per heavy atom. The number of nitrogens with one attached hydrogen (secondary N) is 1. The van der Waals surface area contributed by atoms with E-state index in [9.17, 15) is 20.1 Å². The van der Waals surface area contributed by atoms with Crippen molar-refractivity contribution in [1.29, 1.82) is 0 Å². The molecule has 0 bridgehead atoms. The fourth-order valence-corrected chi connectivity index (χ4v) is 9.88. The number of hydrogen-bond acceptors (Lipinski definition) is 4. The molecule has 0 aromatic heterocycles. The van der Waals surface area contributed by atoms with Crippen molar-refractivity contribution in [3.05, 3.63) is 36.5 Å². The van der Waals surface area contributed by atoms with Gasteiger partial charge in [0.05, 0.1) is 31.3 Å². The van der Waals surface area contributed by atoms with Crippen LogP contribution in [-0.2, 0) is 4.79 Å². The molecule has 0 saturated heterocycles. The number of unbranched alkanes of at least 4 members (excludes halogenated alkanes) is 45. The molecule has 0 saturated carbocycles. The van der Waals surface area contributed by atoms with Gasteiger partial charge in [-0.15, -0.1) is 0 Å². The summed E-state index contributed by atoms with van der Waals surface area (Å²) < 4.78 is 0. The number of aliphatic hydroxyl groups excluding tert-OH is 3. The van der Waals surface area contributed by atoms with E-state index in [4.69, 9.17) is 0 Å². The highest BCUT2D eigenvalue weighted by Gasteiger charge is 2.20. The maximum absolute atomic E-state index is 12.5. The fourth-order valence-electron chi connectivity index (χ4n) is 9.88. The third-order valence-electron chi connectivity index (χ3n) is 14.6. The first-order valence-electron chi connectivity index (χ1n) is 31.3. The van der Waals surface area contributed by atoms with E-state index in [-0.39, 0.29) is 18.9 Å². The summed E-state index contributed by atoms with van der Waals surface area (Å²) in [6, 6.07) is -0.762. The third kappa shape index (κ3) is 55.7. The molecule has 0 spiro atoms. The van der Waals surface area contributed by atoms with Crippen molar-refractivity contribution in [3.63, 3.8) is 0 Å². The van der Waals surface area contributed by atoms with Crippen LogP contribution in [0.3, 0.4) is 0 Å². The van der Waals surface area contributed by atoms with E-state index in [0.717, 1.165) is 32.1 Å². The van der Waals surface area contributed by atoms with Gasteiger partial charge >= 0.3 is 0 Å². The molecule has 5 nitrogen and oxygen atoms in total. The van der Waals surface area contributed by atoms with Gasteiger partial charge in [-0.3, -0.25) is 4.79 Å². The first-order chi connectivity index (χ1) is 34.0. The SMILES string of the molecule is CCCCCCCCCCCCCC/C=C\CCCCCCCCCCCCCCCCC(O)CC(=O)NC(CO)C(O)/C=C/CC/C=C/CCCCCCCCCCCCCCCCCCCC. The smallest absolute Gasteiger partial charge is 0.222 e. The molecule has 3 atom stereocenters. The number of carbonyl (C=O) groups is 1. The van der Waals surface area contributed by atoms with Gasteiger partial charge in [-0.05, 0) is 57.8 Å². The minimum Gasteiger partial charge on any atom is -0.394 e. The Kier molecular flexibility index (Phi) is 57.9. The van der Waals surface area contributed by atoms with E-state index < -0.39 is 18.2 Å². The molecule has 0 aromatic rings. The number of allylic oxidation sites excluding steroid dienone is 5. The average molecular weight is 971 g/mol. The van der Waals surface area contributed by atoms with Crippen molar-refractivity contribution in [1.82, 2.24) is 5.32 Å². The highest BCUT2D eigenvalue weighted by molar-refractivity contribution is 5.76.